The van der Waals surface area contributed by atoms with Crippen LogP contribution in [0.2, 0.25) is 0 Å². The van der Waals surface area contributed by atoms with E-state index in [9.17, 15) is 5.26 Å². The van der Waals surface area contributed by atoms with Gasteiger partial charge in [0.25, 0.3) is 0 Å². The Morgan fingerprint density at radius 3 is 2.45 bits per heavy atom. The Kier molecular flexibility index (Phi) is 10.6. The maximum atomic E-state index is 10.1. The average Bonchev–Trinajstić information content (AvgIpc) is 3.83. The summed E-state index contributed by atoms with van der Waals surface area (Å²) in [6.07, 6.45) is 14.2. The van der Waals surface area contributed by atoms with Gasteiger partial charge in [0, 0.05) is 55.7 Å². The zero-order valence-electron chi connectivity index (χ0n) is 34.8. The van der Waals surface area contributed by atoms with E-state index in [1.165, 1.54) is 74.5 Å². The number of hydrogen-bond donors (Lipinski definition) is 1. The number of hydrogen-bond acceptors (Lipinski definition) is 5. The van der Waals surface area contributed by atoms with E-state index in [2.05, 4.69) is 109 Å². The van der Waals surface area contributed by atoms with Crippen molar-refractivity contribution in [1.29, 1.82) is 5.26 Å². The summed E-state index contributed by atoms with van der Waals surface area (Å²) >= 11 is 0. The molecule has 7 aromatic rings. The molecule has 306 valence electrons. The van der Waals surface area contributed by atoms with Crippen LogP contribution in [0.4, 0.5) is 17.1 Å². The van der Waals surface area contributed by atoms with Gasteiger partial charge in [0.1, 0.15) is 5.82 Å². The van der Waals surface area contributed by atoms with E-state index in [-0.39, 0.29) is 26.5 Å². The summed E-state index contributed by atoms with van der Waals surface area (Å²) in [5.41, 5.74) is 11.9. The maximum Gasteiger partial charge on any atom is 0.135 e. The van der Waals surface area contributed by atoms with Crippen LogP contribution in [0.15, 0.2) is 103 Å². The number of aromatic nitrogens is 2. The van der Waals surface area contributed by atoms with Crippen LogP contribution in [0.25, 0.3) is 38.8 Å². The third kappa shape index (κ3) is 7.30. The molecule has 1 N–H and O–H groups in total. The van der Waals surface area contributed by atoms with Crippen LogP contribution < -0.4 is 15.0 Å². The van der Waals surface area contributed by atoms with E-state index in [1.54, 1.807) is 0 Å². The number of pyridine rings is 1. The predicted octanol–water partition coefficient (Wildman–Crippen LogP) is 14.0. The van der Waals surface area contributed by atoms with Crippen molar-refractivity contribution in [3.63, 3.8) is 0 Å². The fraction of sp³-hybridized carbons (Fsp3) is 0.302. The van der Waals surface area contributed by atoms with Crippen molar-refractivity contribution in [3.8, 4) is 34.5 Å². The summed E-state index contributed by atoms with van der Waals surface area (Å²) in [7, 11) is 0. The summed E-state index contributed by atoms with van der Waals surface area (Å²) in [6.45, 7) is 10.9. The number of fused-ring (bicyclic) bond motifs is 4. The molecule has 0 bridgehead atoms. The minimum absolute atomic E-state index is 0. The van der Waals surface area contributed by atoms with E-state index >= 15 is 0 Å². The standard InChI is InChI=1S/C53H50N5O.Pt/c1-35-27-38(37-19-24-53(25-20-37)22-8-5-9-23-53)16-17-43(35)44-31-42(59-41-12-10-11-40(30-41)57-34-56-46-13-6-7-14-48(46)57)32-49-51(44)45-28-36(33-54)15-18-47(45)58(49)50-29-39(21-26-55-50)52(2,3)4;/h6-7,10-18,21,26-29,31,34,37,56H,5,8-9,19-20,22-25H2,1-4H3;/q-3;. The molecule has 10 rings (SSSR count). The summed E-state index contributed by atoms with van der Waals surface area (Å²) in [6, 6.07) is 43.4. The Hall–Kier alpha value is -5.37. The second kappa shape index (κ2) is 15.9. The second-order valence-corrected chi connectivity index (χ2v) is 18.2. The van der Waals surface area contributed by atoms with E-state index < -0.39 is 0 Å². The first-order valence-electron chi connectivity index (χ1n) is 21.4. The predicted molar refractivity (Wildman–Crippen MR) is 240 cm³/mol. The molecular weight excluding hydrogens is 918 g/mol. The summed E-state index contributed by atoms with van der Waals surface area (Å²) in [4.78, 5) is 7.05. The van der Waals surface area contributed by atoms with E-state index in [1.807, 2.05) is 61.4 Å². The van der Waals surface area contributed by atoms with Gasteiger partial charge in [0.15, 0.2) is 0 Å². The number of nitriles is 1. The fourth-order valence-corrected chi connectivity index (χ4v) is 10.2. The number of ether oxygens (including phenoxy) is 1. The number of nitrogens with one attached hydrogen (secondary N) is 1. The van der Waals surface area contributed by atoms with Crippen LogP contribution in [0, 0.1) is 42.5 Å². The van der Waals surface area contributed by atoms with Gasteiger partial charge in [-0.25, -0.2) is 4.98 Å². The molecule has 0 unspecified atom stereocenters. The van der Waals surface area contributed by atoms with Gasteiger partial charge in [-0.15, -0.1) is 41.6 Å². The number of aryl methyl sites for hydroxylation is 1. The Morgan fingerprint density at radius 1 is 0.850 bits per heavy atom. The monoisotopic (exact) mass is 967 g/mol. The molecule has 2 aromatic heterocycles. The van der Waals surface area contributed by atoms with Gasteiger partial charge in [-0.3, -0.25) is 0 Å². The number of para-hydroxylation sites is 2. The van der Waals surface area contributed by atoms with E-state index in [0.717, 1.165) is 55.8 Å². The Labute approximate surface area is 368 Å². The molecule has 3 heterocycles. The molecule has 5 aromatic carbocycles. The SMILES string of the molecule is Cc1cc(C2CCC3(CCCCC3)CC2)ccc1-c1cc(Oc2[c-]c(N3[CH-]Nc4ccccc43)ccc2)[c-]c2c1c1cc(C#N)ccc1n2-c1cc(C(C)(C)C)ccn1.[Pt]. The Bertz CT molecular complexity index is 2770. The van der Waals surface area contributed by atoms with Crippen LogP contribution in [0.1, 0.15) is 107 Å². The van der Waals surface area contributed by atoms with Crippen molar-refractivity contribution >= 4 is 38.9 Å². The third-order valence-electron chi connectivity index (χ3n) is 13.4. The number of benzene rings is 5. The molecular formula is C53H50N5OPt-3. The van der Waals surface area contributed by atoms with Crippen LogP contribution in [-0.4, -0.2) is 9.55 Å². The first-order valence-corrected chi connectivity index (χ1v) is 21.4. The molecule has 1 aliphatic heterocycles. The number of anilines is 3. The molecule has 0 saturated heterocycles. The quantitative estimate of drug-likeness (QED) is 0.168. The number of nitrogens with zero attached hydrogens (tertiary/aromatic N) is 4. The third-order valence-corrected chi connectivity index (χ3v) is 13.4. The van der Waals surface area contributed by atoms with Crippen molar-refractivity contribution in [1.82, 2.24) is 9.55 Å². The van der Waals surface area contributed by atoms with Crippen LogP contribution in [0.3, 0.4) is 0 Å². The van der Waals surface area contributed by atoms with Crippen molar-refractivity contribution in [2.45, 2.75) is 96.8 Å². The summed E-state index contributed by atoms with van der Waals surface area (Å²) in [5.74, 6) is 2.56. The normalized spacial score (nSPS) is 16.4. The molecule has 6 nitrogen and oxygen atoms in total. The fourth-order valence-electron chi connectivity index (χ4n) is 10.2. The van der Waals surface area contributed by atoms with Gasteiger partial charge in [0.05, 0.1) is 11.6 Å². The maximum absolute atomic E-state index is 10.1. The van der Waals surface area contributed by atoms with Crippen molar-refractivity contribution in [2.24, 2.45) is 5.41 Å². The first kappa shape index (κ1) is 40.1. The second-order valence-electron chi connectivity index (χ2n) is 18.2. The van der Waals surface area contributed by atoms with Crippen molar-refractivity contribution in [3.05, 3.63) is 144 Å². The molecule has 0 radical (unpaired) electrons. The van der Waals surface area contributed by atoms with Crippen molar-refractivity contribution < 1.29 is 25.8 Å². The molecule has 60 heavy (non-hydrogen) atoms. The zero-order chi connectivity index (χ0) is 40.3. The molecule has 2 aliphatic carbocycles. The summed E-state index contributed by atoms with van der Waals surface area (Å²) in [5, 5.41) is 15.5. The number of rotatable bonds is 6. The molecule has 0 atom stereocenters. The minimum atomic E-state index is -0.0780. The van der Waals surface area contributed by atoms with Crippen LogP contribution in [-0.2, 0) is 26.5 Å². The van der Waals surface area contributed by atoms with E-state index in [0.29, 0.717) is 28.4 Å². The molecule has 7 heteroatoms. The van der Waals surface area contributed by atoms with Gasteiger partial charge in [-0.2, -0.15) is 18.0 Å². The van der Waals surface area contributed by atoms with Gasteiger partial charge < -0.3 is 19.5 Å². The van der Waals surface area contributed by atoms with E-state index in [4.69, 9.17) is 9.72 Å². The van der Waals surface area contributed by atoms with Gasteiger partial charge in [-0.05, 0) is 132 Å². The first-order chi connectivity index (χ1) is 28.7. The molecule has 2 fully saturated rings. The summed E-state index contributed by atoms with van der Waals surface area (Å²) < 4.78 is 8.99. The minimum Gasteiger partial charge on any atom is -0.514 e. The van der Waals surface area contributed by atoms with Gasteiger partial charge in [-0.1, -0.05) is 81.3 Å². The van der Waals surface area contributed by atoms with Crippen LogP contribution >= 0.6 is 0 Å². The molecule has 1 spiro atoms. The van der Waals surface area contributed by atoms with Crippen molar-refractivity contribution in [2.75, 3.05) is 10.2 Å². The average molecular weight is 968 g/mol. The molecule has 2 saturated carbocycles. The Morgan fingerprint density at radius 2 is 1.67 bits per heavy atom. The Balaban J connectivity index is 0.00000462. The molecule has 0 amide bonds. The van der Waals surface area contributed by atoms with Crippen LogP contribution in [0.5, 0.6) is 11.5 Å². The molecule has 3 aliphatic rings. The largest absolute Gasteiger partial charge is 0.514 e. The topological polar surface area (TPSA) is 66.1 Å². The van der Waals surface area contributed by atoms with Gasteiger partial charge >= 0.3 is 0 Å². The van der Waals surface area contributed by atoms with Gasteiger partial charge in [0.2, 0.25) is 0 Å². The smallest absolute Gasteiger partial charge is 0.135 e. The zero-order valence-corrected chi connectivity index (χ0v) is 37.1.